The Hall–Kier alpha value is -0.970. The predicted molar refractivity (Wildman–Crippen MR) is 81.2 cm³/mol. The van der Waals surface area contributed by atoms with Crippen molar-refractivity contribution in [3.63, 3.8) is 0 Å². The number of anilines is 1. The molecule has 0 aliphatic carbocycles. The molecule has 2 rings (SSSR count). The molecule has 3 N–H and O–H groups in total. The molecule has 0 spiro atoms. The summed E-state index contributed by atoms with van der Waals surface area (Å²) in [7, 11) is -1.02. The minimum absolute atomic E-state index is 0.224. The lowest BCUT2D eigenvalue weighted by Crippen LogP contribution is -2.37. The second kappa shape index (κ2) is 5.99. The minimum Gasteiger partial charge on any atom is -0.437 e. The van der Waals surface area contributed by atoms with Crippen LogP contribution in [0, 0.1) is 6.92 Å². The molecule has 0 bridgehead atoms. The summed E-state index contributed by atoms with van der Waals surface area (Å²) in [4.78, 5) is 2.12. The highest BCUT2D eigenvalue weighted by molar-refractivity contribution is 6.52. The van der Waals surface area contributed by atoms with Crippen LogP contribution in [-0.2, 0) is 0 Å². The van der Waals surface area contributed by atoms with Gasteiger partial charge >= 0.3 is 14.1 Å². The maximum Gasteiger partial charge on any atom is 0.406 e. The molecule has 4 nitrogen and oxygen atoms in total. The van der Waals surface area contributed by atoms with Crippen LogP contribution in [0.3, 0.4) is 0 Å². The van der Waals surface area contributed by atoms with Crippen LogP contribution < -0.4 is 5.23 Å². The molecule has 1 saturated heterocycles. The molecule has 1 heterocycles. The van der Waals surface area contributed by atoms with Crippen molar-refractivity contribution in [2.45, 2.75) is 39.5 Å². The zero-order valence-electron chi connectivity index (χ0n) is 11.9. The Labute approximate surface area is 116 Å². The first-order valence-corrected chi connectivity index (χ1v) is 6.98. The number of aryl methyl sites for hydroxylation is 1. The lowest BCUT2D eigenvalue weighted by Gasteiger charge is -2.29. The van der Waals surface area contributed by atoms with Crippen LogP contribution in [-0.4, -0.2) is 35.5 Å². The van der Waals surface area contributed by atoms with Crippen LogP contribution in [0.1, 0.15) is 30.0 Å². The summed E-state index contributed by atoms with van der Waals surface area (Å²) in [6.45, 7) is 6.54. The fourth-order valence-corrected chi connectivity index (χ4v) is 3.02. The Bertz CT molecular complexity index is 441. The number of benzene rings is 1. The first kappa shape index (κ1) is 14.4. The molecular formula is C13H22B2N2O2. The standard InChI is InChI=1S/C13H22B2N2O2/c1-10-6-4-7-11(16-14(2)18)13(10)12-8-5-9-17(12)15(3)19/h4,6-7,12,16,18-19H,5,8-9H2,1-3H3. The highest BCUT2D eigenvalue weighted by Crippen LogP contribution is 2.38. The van der Waals surface area contributed by atoms with Crippen LogP contribution in [0.5, 0.6) is 0 Å². The summed E-state index contributed by atoms with van der Waals surface area (Å²) >= 11 is 0. The highest BCUT2D eigenvalue weighted by atomic mass is 16.2. The van der Waals surface area contributed by atoms with Crippen molar-refractivity contribution < 1.29 is 10.0 Å². The number of nitrogens with one attached hydrogen (secondary N) is 1. The monoisotopic (exact) mass is 260 g/mol. The summed E-state index contributed by atoms with van der Waals surface area (Å²) in [5.74, 6) is 0. The zero-order chi connectivity index (χ0) is 14.0. The number of rotatable bonds is 4. The second-order valence-corrected chi connectivity index (χ2v) is 5.38. The molecule has 0 radical (unpaired) electrons. The van der Waals surface area contributed by atoms with E-state index in [1.165, 1.54) is 11.1 Å². The van der Waals surface area contributed by atoms with Gasteiger partial charge in [-0.15, -0.1) is 0 Å². The zero-order valence-corrected chi connectivity index (χ0v) is 11.9. The summed E-state index contributed by atoms with van der Waals surface area (Å²) in [6, 6.07) is 6.29. The summed E-state index contributed by atoms with van der Waals surface area (Å²) < 4.78 is 0. The number of hydrogen-bond donors (Lipinski definition) is 3. The lowest BCUT2D eigenvalue weighted by molar-refractivity contribution is 0.351. The van der Waals surface area contributed by atoms with Gasteiger partial charge in [0.1, 0.15) is 0 Å². The van der Waals surface area contributed by atoms with E-state index in [1.807, 2.05) is 19.0 Å². The van der Waals surface area contributed by atoms with E-state index in [4.69, 9.17) is 0 Å². The van der Waals surface area contributed by atoms with E-state index in [-0.39, 0.29) is 6.04 Å². The van der Waals surface area contributed by atoms with E-state index in [1.54, 1.807) is 6.82 Å². The van der Waals surface area contributed by atoms with Crippen LogP contribution >= 0.6 is 0 Å². The molecule has 1 aliphatic rings. The maximum atomic E-state index is 9.90. The Morgan fingerprint density at radius 2 is 2.05 bits per heavy atom. The third-order valence-electron chi connectivity index (χ3n) is 3.80. The van der Waals surface area contributed by atoms with Gasteiger partial charge in [0.15, 0.2) is 0 Å². The van der Waals surface area contributed by atoms with Crippen molar-refractivity contribution in [2.24, 2.45) is 0 Å². The van der Waals surface area contributed by atoms with Crippen LogP contribution in [0.4, 0.5) is 5.69 Å². The van der Waals surface area contributed by atoms with Crippen LogP contribution in [0.15, 0.2) is 18.2 Å². The molecule has 6 heteroatoms. The molecule has 1 aliphatic heterocycles. The largest absolute Gasteiger partial charge is 0.437 e. The van der Waals surface area contributed by atoms with Gasteiger partial charge in [-0.1, -0.05) is 12.1 Å². The smallest absolute Gasteiger partial charge is 0.406 e. The average molecular weight is 260 g/mol. The lowest BCUT2D eigenvalue weighted by atomic mass is 9.81. The van der Waals surface area contributed by atoms with Gasteiger partial charge in [0.05, 0.1) is 0 Å². The first-order valence-electron chi connectivity index (χ1n) is 6.98. The van der Waals surface area contributed by atoms with Gasteiger partial charge < -0.3 is 20.1 Å². The highest BCUT2D eigenvalue weighted by Gasteiger charge is 2.33. The van der Waals surface area contributed by atoms with Gasteiger partial charge in [-0.3, -0.25) is 0 Å². The number of nitrogens with zero attached hydrogens (tertiary/aromatic N) is 1. The molecular weight excluding hydrogens is 238 g/mol. The van der Waals surface area contributed by atoms with Crippen LogP contribution in [0.25, 0.3) is 0 Å². The van der Waals surface area contributed by atoms with E-state index < -0.39 is 14.1 Å². The van der Waals surface area contributed by atoms with Crippen molar-refractivity contribution in [3.8, 4) is 0 Å². The van der Waals surface area contributed by atoms with Gasteiger partial charge in [-0.25, -0.2) is 0 Å². The van der Waals surface area contributed by atoms with Crippen molar-refractivity contribution in [2.75, 3.05) is 11.8 Å². The van der Waals surface area contributed by atoms with Gasteiger partial charge in [-0.2, -0.15) is 0 Å². The Balaban J connectivity index is 2.37. The topological polar surface area (TPSA) is 55.7 Å². The van der Waals surface area contributed by atoms with E-state index in [0.29, 0.717) is 0 Å². The van der Waals surface area contributed by atoms with E-state index in [2.05, 4.69) is 23.0 Å². The fourth-order valence-electron chi connectivity index (χ4n) is 3.02. The Morgan fingerprint density at radius 3 is 2.68 bits per heavy atom. The second-order valence-electron chi connectivity index (χ2n) is 5.38. The van der Waals surface area contributed by atoms with Gasteiger partial charge in [0.25, 0.3) is 0 Å². The van der Waals surface area contributed by atoms with Crippen molar-refractivity contribution in [1.82, 2.24) is 4.81 Å². The van der Waals surface area contributed by atoms with Crippen molar-refractivity contribution >= 4 is 19.8 Å². The van der Waals surface area contributed by atoms with E-state index in [0.717, 1.165) is 25.1 Å². The minimum atomic E-state index is -0.582. The van der Waals surface area contributed by atoms with Crippen molar-refractivity contribution in [1.29, 1.82) is 0 Å². The average Bonchev–Trinajstić information content (AvgIpc) is 2.77. The molecule has 102 valence electrons. The molecule has 0 amide bonds. The quantitative estimate of drug-likeness (QED) is 0.722. The SMILES string of the molecule is CB(O)Nc1cccc(C)c1C1CCCN1B(C)O. The summed E-state index contributed by atoms with van der Waals surface area (Å²) in [5.41, 5.74) is 3.36. The van der Waals surface area contributed by atoms with Gasteiger partial charge in [-0.05, 0) is 57.1 Å². The van der Waals surface area contributed by atoms with E-state index >= 15 is 0 Å². The maximum absolute atomic E-state index is 9.90. The number of hydrogen-bond acceptors (Lipinski definition) is 4. The third-order valence-corrected chi connectivity index (χ3v) is 3.80. The molecule has 0 saturated carbocycles. The fraction of sp³-hybridized carbons (Fsp3) is 0.538. The first-order chi connectivity index (χ1) is 9.00. The van der Waals surface area contributed by atoms with E-state index in [9.17, 15) is 10.0 Å². The molecule has 1 atom stereocenters. The van der Waals surface area contributed by atoms with Crippen molar-refractivity contribution in [3.05, 3.63) is 29.3 Å². The third kappa shape index (κ3) is 3.14. The molecule has 1 aromatic rings. The molecule has 1 fully saturated rings. The summed E-state index contributed by atoms with van der Waals surface area (Å²) in [5, 5.41) is 22.6. The molecule has 19 heavy (non-hydrogen) atoms. The summed E-state index contributed by atoms with van der Waals surface area (Å²) in [6.07, 6.45) is 2.14. The van der Waals surface area contributed by atoms with Gasteiger partial charge in [0, 0.05) is 11.7 Å². The molecule has 1 unspecified atom stereocenters. The Kier molecular flexibility index (Phi) is 4.55. The predicted octanol–water partition coefficient (Wildman–Crippen LogP) is 1.76. The Morgan fingerprint density at radius 1 is 1.32 bits per heavy atom. The normalized spacial score (nSPS) is 19.5. The molecule has 0 aromatic heterocycles. The van der Waals surface area contributed by atoms with Crippen LogP contribution in [0.2, 0.25) is 13.6 Å². The van der Waals surface area contributed by atoms with Gasteiger partial charge in [0.2, 0.25) is 0 Å². The molecule has 1 aromatic carbocycles.